The van der Waals surface area contributed by atoms with Crippen LogP contribution in [0.3, 0.4) is 0 Å². The molecule has 4 heteroatoms. The lowest BCUT2D eigenvalue weighted by Gasteiger charge is -2.57. The van der Waals surface area contributed by atoms with Gasteiger partial charge in [-0.15, -0.1) is 24.0 Å². The molecular formula is C17H30IN3. The minimum Gasteiger partial charge on any atom is -0.370 e. The van der Waals surface area contributed by atoms with E-state index in [4.69, 9.17) is 5.73 Å². The molecule has 2 N–H and O–H groups in total. The fraction of sp³-hybridized carbons (Fsp3) is 0.941. The molecule has 5 rings (SSSR count). The first-order valence-electron chi connectivity index (χ1n) is 8.66. The summed E-state index contributed by atoms with van der Waals surface area (Å²) in [4.78, 5) is 6.86. The smallest absolute Gasteiger partial charge is 0.191 e. The van der Waals surface area contributed by atoms with E-state index in [1.165, 1.54) is 57.8 Å². The SMILES string of the molecule is CN(C(N)=NCCC12CC3CC(CC(C3)C1)C2)C1CC1.I. The molecule has 5 aliphatic rings. The molecule has 0 amide bonds. The lowest BCUT2D eigenvalue weighted by atomic mass is 9.49. The van der Waals surface area contributed by atoms with Crippen molar-refractivity contribution in [2.75, 3.05) is 13.6 Å². The van der Waals surface area contributed by atoms with Crippen molar-refractivity contribution in [3.05, 3.63) is 0 Å². The van der Waals surface area contributed by atoms with Gasteiger partial charge in [0.25, 0.3) is 0 Å². The van der Waals surface area contributed by atoms with Crippen molar-refractivity contribution in [2.24, 2.45) is 33.9 Å². The second-order valence-corrected chi connectivity index (χ2v) is 8.25. The average Bonchev–Trinajstić information content (AvgIpc) is 3.20. The molecule has 0 heterocycles. The summed E-state index contributed by atoms with van der Waals surface area (Å²) in [7, 11) is 2.10. The Hall–Kier alpha value is 0. The van der Waals surface area contributed by atoms with Crippen LogP contribution in [0.1, 0.15) is 57.8 Å². The van der Waals surface area contributed by atoms with Gasteiger partial charge in [-0.3, -0.25) is 4.99 Å². The van der Waals surface area contributed by atoms with Crippen LogP contribution in [-0.2, 0) is 0 Å². The Labute approximate surface area is 146 Å². The molecule has 4 bridgehead atoms. The molecule has 0 aromatic carbocycles. The molecule has 0 atom stereocenters. The van der Waals surface area contributed by atoms with Crippen LogP contribution in [-0.4, -0.2) is 30.5 Å². The Kier molecular flexibility index (Phi) is 4.46. The highest BCUT2D eigenvalue weighted by atomic mass is 127. The number of rotatable bonds is 4. The topological polar surface area (TPSA) is 41.6 Å². The van der Waals surface area contributed by atoms with Crippen LogP contribution in [0.5, 0.6) is 0 Å². The number of halogens is 1. The van der Waals surface area contributed by atoms with Crippen molar-refractivity contribution >= 4 is 29.9 Å². The molecule has 0 aliphatic heterocycles. The summed E-state index contributed by atoms with van der Waals surface area (Å²) in [5, 5.41) is 0. The molecule has 3 nitrogen and oxygen atoms in total. The van der Waals surface area contributed by atoms with Crippen LogP contribution < -0.4 is 5.73 Å². The van der Waals surface area contributed by atoms with Gasteiger partial charge in [0.15, 0.2) is 5.96 Å². The summed E-state index contributed by atoms with van der Waals surface area (Å²) >= 11 is 0. The molecule has 0 radical (unpaired) electrons. The normalized spacial score (nSPS) is 41.0. The van der Waals surface area contributed by atoms with Gasteiger partial charge in [-0.05, 0) is 81.0 Å². The molecule has 120 valence electrons. The van der Waals surface area contributed by atoms with Crippen molar-refractivity contribution in [1.29, 1.82) is 0 Å². The standard InChI is InChI=1S/C17H29N3.HI/c1-20(15-2-3-15)16(18)19-5-4-17-9-12-6-13(10-17)8-14(7-12)11-17;/h12-15H,2-11H2,1H3,(H2,18,19);1H. The molecule has 0 unspecified atom stereocenters. The summed E-state index contributed by atoms with van der Waals surface area (Å²) in [6.07, 6.45) is 13.0. The zero-order chi connectivity index (χ0) is 13.7. The van der Waals surface area contributed by atoms with Gasteiger partial charge in [0.2, 0.25) is 0 Å². The third kappa shape index (κ3) is 3.20. The van der Waals surface area contributed by atoms with Gasteiger partial charge in [-0.2, -0.15) is 0 Å². The largest absolute Gasteiger partial charge is 0.370 e. The van der Waals surface area contributed by atoms with Crippen molar-refractivity contribution in [3.63, 3.8) is 0 Å². The highest BCUT2D eigenvalue weighted by Crippen LogP contribution is 2.61. The van der Waals surface area contributed by atoms with Crippen molar-refractivity contribution in [3.8, 4) is 0 Å². The van der Waals surface area contributed by atoms with E-state index >= 15 is 0 Å². The van der Waals surface area contributed by atoms with E-state index in [0.717, 1.165) is 30.3 Å². The highest BCUT2D eigenvalue weighted by molar-refractivity contribution is 14.0. The molecule has 21 heavy (non-hydrogen) atoms. The summed E-state index contributed by atoms with van der Waals surface area (Å²) in [6, 6.07) is 0.679. The van der Waals surface area contributed by atoms with Crippen LogP contribution in [0, 0.1) is 23.2 Å². The van der Waals surface area contributed by atoms with Gasteiger partial charge in [-0.1, -0.05) is 0 Å². The minimum absolute atomic E-state index is 0. The van der Waals surface area contributed by atoms with Crippen LogP contribution in [0.15, 0.2) is 4.99 Å². The predicted molar refractivity (Wildman–Crippen MR) is 97.9 cm³/mol. The zero-order valence-electron chi connectivity index (χ0n) is 13.3. The van der Waals surface area contributed by atoms with Crippen LogP contribution in [0.25, 0.3) is 0 Å². The Morgan fingerprint density at radius 3 is 2.10 bits per heavy atom. The molecule has 0 spiro atoms. The van der Waals surface area contributed by atoms with Crippen molar-refractivity contribution < 1.29 is 0 Å². The molecule has 5 fully saturated rings. The van der Waals surface area contributed by atoms with Crippen LogP contribution in [0.2, 0.25) is 0 Å². The Balaban J connectivity index is 0.00000132. The minimum atomic E-state index is 0. The second kappa shape index (κ2) is 5.89. The van der Waals surface area contributed by atoms with Gasteiger partial charge in [0.05, 0.1) is 0 Å². The summed E-state index contributed by atoms with van der Waals surface area (Å²) in [5.74, 6) is 3.93. The summed E-state index contributed by atoms with van der Waals surface area (Å²) in [6.45, 7) is 0.953. The second-order valence-electron chi connectivity index (χ2n) is 8.25. The third-order valence-corrected chi connectivity index (χ3v) is 6.54. The molecule has 0 saturated heterocycles. The third-order valence-electron chi connectivity index (χ3n) is 6.54. The fourth-order valence-electron chi connectivity index (χ4n) is 5.76. The fourth-order valence-corrected chi connectivity index (χ4v) is 5.76. The molecule has 0 aromatic rings. The number of nitrogens with zero attached hydrogens (tertiary/aromatic N) is 2. The number of nitrogens with two attached hydrogens (primary N) is 1. The Morgan fingerprint density at radius 2 is 1.62 bits per heavy atom. The average molecular weight is 403 g/mol. The van der Waals surface area contributed by atoms with Crippen molar-refractivity contribution in [1.82, 2.24) is 4.90 Å². The van der Waals surface area contributed by atoms with E-state index < -0.39 is 0 Å². The van der Waals surface area contributed by atoms with E-state index in [-0.39, 0.29) is 24.0 Å². The lowest BCUT2D eigenvalue weighted by molar-refractivity contribution is -0.0556. The quantitative estimate of drug-likeness (QED) is 0.443. The maximum Gasteiger partial charge on any atom is 0.191 e. The molecule has 5 saturated carbocycles. The number of guanidine groups is 1. The number of hydrogen-bond acceptors (Lipinski definition) is 1. The van der Waals surface area contributed by atoms with Gasteiger partial charge in [0.1, 0.15) is 0 Å². The highest BCUT2D eigenvalue weighted by Gasteiger charge is 2.50. The molecule has 0 aromatic heterocycles. The maximum absolute atomic E-state index is 6.11. The van der Waals surface area contributed by atoms with Gasteiger partial charge in [-0.25, -0.2) is 0 Å². The Bertz CT molecular complexity index is 381. The first-order chi connectivity index (χ1) is 9.63. The maximum atomic E-state index is 6.11. The first kappa shape index (κ1) is 15.9. The van der Waals surface area contributed by atoms with Crippen LogP contribution in [0.4, 0.5) is 0 Å². The zero-order valence-corrected chi connectivity index (χ0v) is 15.6. The van der Waals surface area contributed by atoms with E-state index in [1.807, 2.05) is 0 Å². The monoisotopic (exact) mass is 403 g/mol. The van der Waals surface area contributed by atoms with Gasteiger partial charge in [0, 0.05) is 19.6 Å². The van der Waals surface area contributed by atoms with E-state index in [1.54, 1.807) is 0 Å². The van der Waals surface area contributed by atoms with Gasteiger partial charge < -0.3 is 10.6 Å². The number of hydrogen-bond donors (Lipinski definition) is 1. The lowest BCUT2D eigenvalue weighted by Crippen LogP contribution is -2.46. The summed E-state index contributed by atoms with van der Waals surface area (Å²) in [5.41, 5.74) is 6.76. The van der Waals surface area contributed by atoms with E-state index in [0.29, 0.717) is 11.5 Å². The predicted octanol–water partition coefficient (Wildman–Crippen LogP) is 3.62. The first-order valence-corrected chi connectivity index (χ1v) is 8.66. The van der Waals surface area contributed by atoms with E-state index in [9.17, 15) is 0 Å². The molecular weight excluding hydrogens is 373 g/mol. The van der Waals surface area contributed by atoms with Gasteiger partial charge >= 0.3 is 0 Å². The van der Waals surface area contributed by atoms with E-state index in [2.05, 4.69) is 16.9 Å². The summed E-state index contributed by atoms with van der Waals surface area (Å²) < 4.78 is 0. The molecule has 5 aliphatic carbocycles. The number of aliphatic imine (C=N–C) groups is 1. The van der Waals surface area contributed by atoms with Crippen LogP contribution >= 0.6 is 24.0 Å². The Morgan fingerprint density at radius 1 is 1.10 bits per heavy atom. The van der Waals surface area contributed by atoms with Crippen molar-refractivity contribution in [2.45, 2.75) is 63.8 Å².